The van der Waals surface area contributed by atoms with Crippen LogP contribution in [0.3, 0.4) is 0 Å². The Bertz CT molecular complexity index is 273. The van der Waals surface area contributed by atoms with Gasteiger partial charge in [-0.05, 0) is 0 Å². The molecule has 13 heavy (non-hydrogen) atoms. The van der Waals surface area contributed by atoms with E-state index < -0.39 is 12.0 Å². The monoisotopic (exact) mass is 216 g/mol. The minimum absolute atomic E-state index is 0.191. The predicted molar refractivity (Wildman–Crippen MR) is 52.2 cm³/mol. The molecule has 1 aliphatic rings. The van der Waals surface area contributed by atoms with Crippen molar-refractivity contribution in [3.05, 3.63) is 12.7 Å². The Hall–Kier alpha value is -0.880. The van der Waals surface area contributed by atoms with Gasteiger partial charge in [0.1, 0.15) is 4.32 Å². The van der Waals surface area contributed by atoms with E-state index in [0.29, 0.717) is 0 Å². The number of rotatable bonds is 3. The summed E-state index contributed by atoms with van der Waals surface area (Å²) in [4.78, 5) is 22.8. The molecule has 6 heteroatoms. The summed E-state index contributed by atoms with van der Waals surface area (Å²) in [6.45, 7) is 5.11. The van der Waals surface area contributed by atoms with Gasteiger partial charge in [-0.15, -0.1) is 0 Å². The van der Waals surface area contributed by atoms with E-state index in [4.69, 9.17) is 23.9 Å². The van der Waals surface area contributed by atoms with Crippen molar-refractivity contribution >= 4 is 40.2 Å². The van der Waals surface area contributed by atoms with Crippen LogP contribution in [0.15, 0.2) is 6.08 Å². The first kappa shape index (κ1) is 10.2. The molecule has 0 aromatic heterocycles. The Kier molecular flexibility index (Phi) is 3.05. The van der Waals surface area contributed by atoms with Crippen molar-refractivity contribution in [1.82, 2.24) is 4.90 Å². The molecule has 1 radical (unpaired) electrons. The lowest BCUT2D eigenvalue weighted by molar-refractivity contribution is -0.143. The molecule has 1 unspecified atom stereocenters. The van der Waals surface area contributed by atoms with Crippen LogP contribution in [0.2, 0.25) is 0 Å². The van der Waals surface area contributed by atoms with Crippen LogP contribution in [-0.2, 0) is 9.59 Å². The fourth-order valence-corrected chi connectivity index (χ4v) is 2.04. The number of carboxylic acid groups (broad SMARTS) is 1. The van der Waals surface area contributed by atoms with Gasteiger partial charge in [0, 0.05) is 0 Å². The van der Waals surface area contributed by atoms with Gasteiger partial charge >= 0.3 is 5.97 Å². The fourth-order valence-electron chi connectivity index (χ4n) is 0.912. The molecule has 0 aromatic carbocycles. The van der Waals surface area contributed by atoms with Crippen molar-refractivity contribution in [1.29, 1.82) is 0 Å². The average molecular weight is 216 g/mol. The number of carboxylic acids is 1. The van der Waals surface area contributed by atoms with E-state index >= 15 is 0 Å². The number of thioether (sulfide) groups is 1. The second kappa shape index (κ2) is 3.89. The molecule has 1 heterocycles. The second-order valence-electron chi connectivity index (χ2n) is 2.29. The highest BCUT2D eigenvalue weighted by molar-refractivity contribution is 8.23. The molecule has 0 saturated carbocycles. The van der Waals surface area contributed by atoms with Gasteiger partial charge in [-0.3, -0.25) is 9.69 Å². The third-order valence-corrected chi connectivity index (χ3v) is 2.88. The smallest absolute Gasteiger partial charge is 0.330 e. The third-order valence-electron chi connectivity index (χ3n) is 1.50. The van der Waals surface area contributed by atoms with Gasteiger partial charge in [0.25, 0.3) is 0 Å². The van der Waals surface area contributed by atoms with Crippen molar-refractivity contribution in [3.8, 4) is 0 Å². The Morgan fingerprint density at radius 1 is 1.85 bits per heavy atom. The van der Waals surface area contributed by atoms with Crippen molar-refractivity contribution in [3.63, 3.8) is 0 Å². The summed E-state index contributed by atoms with van der Waals surface area (Å²) < 4.78 is 0.263. The summed E-state index contributed by atoms with van der Waals surface area (Å²) in [5.74, 6) is -1.30. The van der Waals surface area contributed by atoms with E-state index in [-0.39, 0.29) is 16.0 Å². The van der Waals surface area contributed by atoms with Gasteiger partial charge in [-0.2, -0.15) is 0 Å². The van der Waals surface area contributed by atoms with Crippen LogP contribution in [-0.4, -0.2) is 38.0 Å². The van der Waals surface area contributed by atoms with E-state index in [2.05, 4.69) is 0 Å². The van der Waals surface area contributed by atoms with E-state index in [0.717, 1.165) is 22.7 Å². The summed E-state index contributed by atoms with van der Waals surface area (Å²) in [6, 6.07) is -1.14. The molecule has 1 aliphatic heterocycles. The lowest BCUT2D eigenvalue weighted by Crippen LogP contribution is -2.42. The van der Waals surface area contributed by atoms with Gasteiger partial charge in [0.05, 0.1) is 5.75 Å². The van der Waals surface area contributed by atoms with Crippen LogP contribution < -0.4 is 0 Å². The molecular weight excluding hydrogens is 210 g/mol. The van der Waals surface area contributed by atoms with E-state index in [1.807, 2.05) is 0 Å². The largest absolute Gasteiger partial charge is 0.479 e. The van der Waals surface area contributed by atoms with Gasteiger partial charge in [-0.25, -0.2) is 4.79 Å². The molecule has 1 saturated heterocycles. The summed E-state index contributed by atoms with van der Waals surface area (Å²) in [5, 5.41) is 8.70. The number of carbonyl (C=O) groups is 2. The summed E-state index contributed by atoms with van der Waals surface area (Å²) in [7, 11) is 0. The zero-order chi connectivity index (χ0) is 10.0. The summed E-state index contributed by atoms with van der Waals surface area (Å²) in [6.07, 6.45) is 0.943. The molecule has 1 atom stereocenters. The molecule has 4 nitrogen and oxygen atoms in total. The maximum atomic E-state index is 11.2. The Balaban J connectivity index is 2.90. The second-order valence-corrected chi connectivity index (χ2v) is 3.90. The van der Waals surface area contributed by atoms with Gasteiger partial charge in [0.2, 0.25) is 5.91 Å². The molecule has 1 amide bonds. The van der Waals surface area contributed by atoms with Crippen LogP contribution in [0.5, 0.6) is 0 Å². The first-order valence-corrected chi connectivity index (χ1v) is 4.74. The van der Waals surface area contributed by atoms with Gasteiger partial charge in [0.15, 0.2) is 6.04 Å². The predicted octanol–water partition coefficient (Wildman–Crippen LogP) is 0.289. The Labute approximate surface area is 84.6 Å². The maximum absolute atomic E-state index is 11.2. The minimum atomic E-state index is -1.18. The number of thiocarbonyl (C=S) groups is 1. The van der Waals surface area contributed by atoms with E-state index in [1.165, 1.54) is 0 Å². The highest BCUT2D eigenvalue weighted by Gasteiger charge is 2.35. The minimum Gasteiger partial charge on any atom is -0.479 e. The molecule has 1 fully saturated rings. The summed E-state index contributed by atoms with van der Waals surface area (Å²) >= 11 is 5.95. The van der Waals surface area contributed by atoms with Crippen LogP contribution in [0.25, 0.3) is 0 Å². The Morgan fingerprint density at radius 2 is 2.46 bits per heavy atom. The van der Waals surface area contributed by atoms with Crippen molar-refractivity contribution < 1.29 is 14.7 Å². The lowest BCUT2D eigenvalue weighted by atomic mass is 10.2. The molecule has 0 spiro atoms. The standard InChI is InChI=1S/C7H6NO3S2/c1-2-4(6(10)11)8-5(9)3-13-7(8)12/h1-2,4H,3H2,(H,10,11). The number of amides is 1. The normalized spacial score (nSPS) is 18.9. The average Bonchev–Trinajstić information content (AvgIpc) is 2.36. The molecular formula is C7H6NO3S2. The highest BCUT2D eigenvalue weighted by atomic mass is 32.2. The SMILES string of the molecule is [CH]=CC(C(=O)O)N1C(=O)CSC1=S. The van der Waals surface area contributed by atoms with E-state index in [9.17, 15) is 9.59 Å². The van der Waals surface area contributed by atoms with Crippen molar-refractivity contribution in [2.75, 3.05) is 5.75 Å². The van der Waals surface area contributed by atoms with E-state index in [1.54, 1.807) is 0 Å². The number of hydrogen-bond acceptors (Lipinski definition) is 4. The number of aliphatic carboxylic acids is 1. The van der Waals surface area contributed by atoms with Crippen LogP contribution in [0.1, 0.15) is 0 Å². The fraction of sp³-hybridized carbons (Fsp3) is 0.286. The molecule has 0 aliphatic carbocycles. The van der Waals surface area contributed by atoms with Crippen LogP contribution in [0.4, 0.5) is 0 Å². The van der Waals surface area contributed by atoms with Crippen LogP contribution >= 0.6 is 24.0 Å². The molecule has 69 valence electrons. The lowest BCUT2D eigenvalue weighted by Gasteiger charge is -2.19. The first-order valence-electron chi connectivity index (χ1n) is 3.34. The molecule has 1 rings (SSSR count). The molecule has 0 bridgehead atoms. The molecule has 0 aromatic rings. The summed E-state index contributed by atoms with van der Waals surface area (Å²) in [5.41, 5.74) is 0. The maximum Gasteiger partial charge on any atom is 0.330 e. The number of hydrogen-bond donors (Lipinski definition) is 1. The van der Waals surface area contributed by atoms with Gasteiger partial charge in [-0.1, -0.05) is 36.6 Å². The third kappa shape index (κ3) is 1.89. The van der Waals surface area contributed by atoms with Crippen molar-refractivity contribution in [2.45, 2.75) is 6.04 Å². The molecule has 1 N–H and O–H groups in total. The highest BCUT2D eigenvalue weighted by Crippen LogP contribution is 2.22. The number of carbonyl (C=O) groups excluding carboxylic acids is 1. The number of nitrogens with zero attached hydrogens (tertiary/aromatic N) is 1. The topological polar surface area (TPSA) is 57.6 Å². The zero-order valence-electron chi connectivity index (χ0n) is 6.47. The van der Waals surface area contributed by atoms with Crippen LogP contribution in [0, 0.1) is 6.58 Å². The quantitative estimate of drug-likeness (QED) is 0.687. The first-order chi connectivity index (χ1) is 6.07. The van der Waals surface area contributed by atoms with Gasteiger partial charge < -0.3 is 5.11 Å². The zero-order valence-corrected chi connectivity index (χ0v) is 8.10. The van der Waals surface area contributed by atoms with Crippen molar-refractivity contribution in [2.24, 2.45) is 0 Å². The Morgan fingerprint density at radius 3 is 2.77 bits per heavy atom.